The lowest BCUT2D eigenvalue weighted by Crippen LogP contribution is -2.34. The highest BCUT2D eigenvalue weighted by molar-refractivity contribution is 5.43. The van der Waals surface area contributed by atoms with E-state index >= 15 is 0 Å². The fraction of sp³-hybridized carbons (Fsp3) is 0.500. The number of hydrogen-bond acceptors (Lipinski definition) is 4. The van der Waals surface area contributed by atoms with Gasteiger partial charge in [-0.15, -0.1) is 0 Å². The van der Waals surface area contributed by atoms with E-state index in [2.05, 4.69) is 19.9 Å². The summed E-state index contributed by atoms with van der Waals surface area (Å²) in [6.07, 6.45) is 9.65. The summed E-state index contributed by atoms with van der Waals surface area (Å²) in [6, 6.07) is 0.262. The van der Waals surface area contributed by atoms with Gasteiger partial charge in [0, 0.05) is 31.5 Å². The molecule has 1 saturated heterocycles. The molecule has 1 atom stereocenters. The molecular weight excluding hydrogens is 257 g/mol. The summed E-state index contributed by atoms with van der Waals surface area (Å²) >= 11 is 0. The van der Waals surface area contributed by atoms with Crippen molar-refractivity contribution in [3.8, 4) is 0 Å². The molecule has 0 amide bonds. The van der Waals surface area contributed by atoms with Crippen LogP contribution in [0, 0.1) is 5.82 Å². The van der Waals surface area contributed by atoms with E-state index in [0.717, 1.165) is 25.9 Å². The largest absolute Gasteiger partial charge is 0.349 e. The zero-order valence-electron chi connectivity index (χ0n) is 11.5. The van der Waals surface area contributed by atoms with Gasteiger partial charge < -0.3 is 9.47 Å². The van der Waals surface area contributed by atoms with E-state index in [1.54, 1.807) is 12.5 Å². The Bertz CT molecular complexity index is 569. The SMILES string of the molecule is CCc1ncnc(N2CCCC2Cn2ccnc2)c1F. The maximum atomic E-state index is 14.4. The molecule has 106 valence electrons. The third-order valence-electron chi connectivity index (χ3n) is 3.81. The number of imidazole rings is 1. The standard InChI is InChI=1S/C14H18FN5/c1-2-12-13(15)14(18-9-17-12)20-6-3-4-11(20)8-19-7-5-16-10-19/h5,7,9-11H,2-4,6,8H2,1H3. The van der Waals surface area contributed by atoms with Crippen molar-refractivity contribution in [3.05, 3.63) is 36.6 Å². The van der Waals surface area contributed by atoms with Crippen molar-refractivity contribution >= 4 is 5.82 Å². The summed E-state index contributed by atoms with van der Waals surface area (Å²) in [4.78, 5) is 14.3. The van der Waals surface area contributed by atoms with Crippen LogP contribution in [0.3, 0.4) is 0 Å². The highest BCUT2D eigenvalue weighted by atomic mass is 19.1. The zero-order valence-corrected chi connectivity index (χ0v) is 11.5. The van der Waals surface area contributed by atoms with Crippen LogP contribution < -0.4 is 4.90 Å². The lowest BCUT2D eigenvalue weighted by molar-refractivity contribution is 0.528. The first-order chi connectivity index (χ1) is 9.79. The van der Waals surface area contributed by atoms with Crippen LogP contribution in [0.4, 0.5) is 10.2 Å². The molecule has 0 radical (unpaired) electrons. The average molecular weight is 275 g/mol. The molecule has 0 aromatic carbocycles. The molecule has 1 aliphatic heterocycles. The number of rotatable bonds is 4. The number of anilines is 1. The second-order valence-electron chi connectivity index (χ2n) is 5.06. The fourth-order valence-electron chi connectivity index (χ4n) is 2.78. The second-order valence-corrected chi connectivity index (χ2v) is 5.06. The van der Waals surface area contributed by atoms with Crippen LogP contribution >= 0.6 is 0 Å². The highest BCUT2D eigenvalue weighted by Gasteiger charge is 2.28. The van der Waals surface area contributed by atoms with Gasteiger partial charge in [0.15, 0.2) is 11.6 Å². The number of halogens is 1. The van der Waals surface area contributed by atoms with Crippen molar-refractivity contribution in [1.82, 2.24) is 19.5 Å². The van der Waals surface area contributed by atoms with Gasteiger partial charge >= 0.3 is 0 Å². The molecule has 0 aliphatic carbocycles. The Kier molecular flexibility index (Phi) is 3.62. The van der Waals surface area contributed by atoms with Crippen molar-refractivity contribution in [2.45, 2.75) is 38.8 Å². The first-order valence-corrected chi connectivity index (χ1v) is 7.01. The molecule has 2 aromatic heterocycles. The number of aryl methyl sites for hydroxylation is 1. The molecule has 3 rings (SSSR count). The smallest absolute Gasteiger partial charge is 0.187 e. The van der Waals surface area contributed by atoms with Gasteiger partial charge in [0.1, 0.15) is 6.33 Å². The van der Waals surface area contributed by atoms with E-state index in [-0.39, 0.29) is 11.9 Å². The molecule has 2 aromatic rings. The maximum absolute atomic E-state index is 14.4. The van der Waals surface area contributed by atoms with Crippen molar-refractivity contribution in [2.75, 3.05) is 11.4 Å². The van der Waals surface area contributed by atoms with E-state index in [4.69, 9.17) is 0 Å². The maximum Gasteiger partial charge on any atom is 0.187 e. The number of nitrogens with zero attached hydrogens (tertiary/aromatic N) is 5. The molecule has 3 heterocycles. The van der Waals surface area contributed by atoms with Crippen LogP contribution in [-0.2, 0) is 13.0 Å². The summed E-state index contributed by atoms with van der Waals surface area (Å²) in [7, 11) is 0. The summed E-state index contributed by atoms with van der Waals surface area (Å²) in [5.41, 5.74) is 0.489. The van der Waals surface area contributed by atoms with Gasteiger partial charge in [-0.05, 0) is 19.3 Å². The minimum absolute atomic E-state index is 0.262. The third-order valence-corrected chi connectivity index (χ3v) is 3.81. The van der Waals surface area contributed by atoms with Gasteiger partial charge in [-0.3, -0.25) is 0 Å². The van der Waals surface area contributed by atoms with E-state index in [1.807, 2.05) is 17.7 Å². The van der Waals surface area contributed by atoms with E-state index in [1.165, 1.54) is 6.33 Å². The monoisotopic (exact) mass is 275 g/mol. The molecule has 1 fully saturated rings. The van der Waals surface area contributed by atoms with Crippen LogP contribution in [0.15, 0.2) is 25.0 Å². The summed E-state index contributed by atoms with van der Waals surface area (Å²) in [5, 5.41) is 0. The molecule has 20 heavy (non-hydrogen) atoms. The Morgan fingerprint density at radius 2 is 2.30 bits per heavy atom. The average Bonchev–Trinajstić information content (AvgIpc) is 3.11. The topological polar surface area (TPSA) is 46.8 Å². The minimum Gasteiger partial charge on any atom is -0.349 e. The first kappa shape index (κ1) is 13.0. The quantitative estimate of drug-likeness (QED) is 0.856. The molecule has 0 spiro atoms. The lowest BCUT2D eigenvalue weighted by atomic mass is 10.2. The third kappa shape index (κ3) is 2.37. The first-order valence-electron chi connectivity index (χ1n) is 7.01. The van der Waals surface area contributed by atoms with Crippen LogP contribution in [0.5, 0.6) is 0 Å². The Morgan fingerprint density at radius 3 is 3.05 bits per heavy atom. The second kappa shape index (κ2) is 5.56. The normalized spacial score (nSPS) is 18.7. The molecule has 1 unspecified atom stereocenters. The summed E-state index contributed by atoms with van der Waals surface area (Å²) in [6.45, 7) is 3.56. The lowest BCUT2D eigenvalue weighted by Gasteiger charge is -2.26. The van der Waals surface area contributed by atoms with Crippen molar-refractivity contribution in [2.24, 2.45) is 0 Å². The number of hydrogen-bond donors (Lipinski definition) is 0. The highest BCUT2D eigenvalue weighted by Crippen LogP contribution is 2.27. The molecule has 1 aliphatic rings. The van der Waals surface area contributed by atoms with Crippen LogP contribution in [0.1, 0.15) is 25.5 Å². The Labute approximate surface area is 117 Å². The van der Waals surface area contributed by atoms with Gasteiger partial charge in [0.05, 0.1) is 12.0 Å². The van der Waals surface area contributed by atoms with Gasteiger partial charge in [-0.1, -0.05) is 6.92 Å². The molecule has 0 N–H and O–H groups in total. The molecule has 6 heteroatoms. The molecule has 5 nitrogen and oxygen atoms in total. The van der Waals surface area contributed by atoms with Gasteiger partial charge in [-0.25, -0.2) is 19.3 Å². The van der Waals surface area contributed by atoms with Crippen molar-refractivity contribution in [3.63, 3.8) is 0 Å². The predicted molar refractivity (Wildman–Crippen MR) is 74.0 cm³/mol. The van der Waals surface area contributed by atoms with E-state index in [9.17, 15) is 4.39 Å². The van der Waals surface area contributed by atoms with Gasteiger partial charge in [-0.2, -0.15) is 0 Å². The van der Waals surface area contributed by atoms with E-state index < -0.39 is 0 Å². The van der Waals surface area contributed by atoms with Crippen LogP contribution in [0.25, 0.3) is 0 Å². The Balaban J connectivity index is 1.85. The predicted octanol–water partition coefficient (Wildman–Crippen LogP) is 2.04. The van der Waals surface area contributed by atoms with Gasteiger partial charge in [0.2, 0.25) is 0 Å². The van der Waals surface area contributed by atoms with Gasteiger partial charge in [0.25, 0.3) is 0 Å². The number of aromatic nitrogens is 4. The van der Waals surface area contributed by atoms with Crippen molar-refractivity contribution < 1.29 is 4.39 Å². The van der Waals surface area contributed by atoms with Crippen LogP contribution in [0.2, 0.25) is 0 Å². The molecule has 0 saturated carbocycles. The van der Waals surface area contributed by atoms with Crippen LogP contribution in [-0.4, -0.2) is 32.1 Å². The Morgan fingerprint density at radius 1 is 1.40 bits per heavy atom. The molecular formula is C14H18FN5. The summed E-state index contributed by atoms with van der Waals surface area (Å²) in [5.74, 6) is 0.173. The minimum atomic E-state index is -0.271. The Hall–Kier alpha value is -1.98. The van der Waals surface area contributed by atoms with E-state index in [0.29, 0.717) is 17.9 Å². The zero-order chi connectivity index (χ0) is 13.9. The fourth-order valence-corrected chi connectivity index (χ4v) is 2.78. The molecule has 0 bridgehead atoms. The van der Waals surface area contributed by atoms with Crippen molar-refractivity contribution in [1.29, 1.82) is 0 Å². The summed E-state index contributed by atoms with van der Waals surface area (Å²) < 4.78 is 16.4.